The Morgan fingerprint density at radius 2 is 1.38 bits per heavy atom. The molecule has 1 rings (SSSR count). The van der Waals surface area contributed by atoms with Crippen molar-refractivity contribution in [2.24, 2.45) is 0 Å². The molecule has 0 amide bonds. The molecule has 0 saturated heterocycles. The van der Waals surface area contributed by atoms with E-state index >= 15 is 0 Å². The first kappa shape index (κ1) is 27.0. The standard InChI is InChI=1S/C19H33OP2.ClH.Ir.H/c1-14(2)21(15(3)4)13-18-10-9-11-19(12-18)20-22(16(5)6)17(7)8;;;/h9-11,14-17H,13H2,1-8H3;1H;;/q-1;;+2;/p-1. The van der Waals surface area contributed by atoms with Gasteiger partial charge < -0.3 is 16.9 Å². The molecular weight excluding hydrogens is 534 g/mol. The molecule has 0 aliphatic heterocycles. The van der Waals surface area contributed by atoms with E-state index in [4.69, 9.17) is 4.52 Å². The SMILES string of the molecule is CC(C)P(Cc1[c-]c(OP(C(C)C)C(C)C)ccc1)C(C)C.[Cl-].[IrH+2]. The van der Waals surface area contributed by atoms with E-state index in [0.717, 1.165) is 23.2 Å². The van der Waals surface area contributed by atoms with Crippen LogP contribution in [0.4, 0.5) is 0 Å². The summed E-state index contributed by atoms with van der Waals surface area (Å²) in [5, 5.41) is 0. The number of hydrogen-bond donors (Lipinski definition) is 0. The third kappa shape index (κ3) is 8.96. The molecule has 0 aliphatic rings. The van der Waals surface area contributed by atoms with Crippen LogP contribution in [0.5, 0.6) is 5.75 Å². The molecule has 0 atom stereocenters. The van der Waals surface area contributed by atoms with Crippen LogP contribution in [0.15, 0.2) is 18.2 Å². The van der Waals surface area contributed by atoms with Gasteiger partial charge in [-0.05, 0) is 17.5 Å². The zero-order valence-corrected chi connectivity index (χ0v) is 21.4. The van der Waals surface area contributed by atoms with Crippen molar-refractivity contribution < 1.29 is 37.0 Å². The van der Waals surface area contributed by atoms with Gasteiger partial charge in [0.05, 0.1) is 8.15 Å². The van der Waals surface area contributed by atoms with Gasteiger partial charge in [0.1, 0.15) is 0 Å². The molecular formula is C19H34ClIrOP2. The van der Waals surface area contributed by atoms with Crippen LogP contribution in [0.25, 0.3) is 0 Å². The Kier molecular flexibility index (Phi) is 14.7. The Morgan fingerprint density at radius 3 is 1.79 bits per heavy atom. The molecule has 0 bridgehead atoms. The Balaban J connectivity index is 0. The zero-order chi connectivity index (χ0) is 16.9. The monoisotopic (exact) mass is 568 g/mol. The van der Waals surface area contributed by atoms with Gasteiger partial charge in [0.15, 0.2) is 0 Å². The van der Waals surface area contributed by atoms with E-state index in [1.807, 2.05) is 0 Å². The number of halogens is 1. The van der Waals surface area contributed by atoms with Crippen molar-refractivity contribution in [1.29, 1.82) is 0 Å². The van der Waals surface area contributed by atoms with Gasteiger partial charge in [0.2, 0.25) is 0 Å². The van der Waals surface area contributed by atoms with Crippen molar-refractivity contribution in [2.45, 2.75) is 84.2 Å². The van der Waals surface area contributed by atoms with Gasteiger partial charge >= 0.3 is 20.1 Å². The maximum absolute atomic E-state index is 6.30. The van der Waals surface area contributed by atoms with Crippen molar-refractivity contribution in [1.82, 2.24) is 0 Å². The third-order valence-corrected chi connectivity index (χ3v) is 9.53. The summed E-state index contributed by atoms with van der Waals surface area (Å²) < 4.78 is 6.30. The molecule has 1 radical (unpaired) electrons. The minimum atomic E-state index is -0.439. The summed E-state index contributed by atoms with van der Waals surface area (Å²) in [5.74, 6) is 0.938. The van der Waals surface area contributed by atoms with Gasteiger partial charge in [0, 0.05) is 17.1 Å². The second-order valence-corrected chi connectivity index (χ2v) is 13.4. The fraction of sp³-hybridized carbons (Fsp3) is 0.684. The van der Waals surface area contributed by atoms with E-state index in [2.05, 4.69) is 79.7 Å². The predicted octanol–water partition coefficient (Wildman–Crippen LogP) is 3.61. The Hall–Kier alpha value is 0.819. The normalized spacial score (nSPS) is 11.4. The summed E-state index contributed by atoms with van der Waals surface area (Å²) in [5.41, 5.74) is 3.99. The number of rotatable bonds is 8. The zero-order valence-electron chi connectivity index (χ0n) is 16.3. The van der Waals surface area contributed by atoms with Crippen molar-refractivity contribution in [2.75, 3.05) is 0 Å². The summed E-state index contributed by atoms with van der Waals surface area (Å²) in [6.45, 7) is 18.4. The van der Waals surface area contributed by atoms with Crippen LogP contribution in [-0.4, -0.2) is 22.6 Å². The number of benzene rings is 1. The minimum absolute atomic E-state index is 0. The second-order valence-electron chi connectivity index (χ2n) is 7.04. The van der Waals surface area contributed by atoms with Crippen LogP contribution in [0.2, 0.25) is 0 Å². The van der Waals surface area contributed by atoms with E-state index in [9.17, 15) is 0 Å². The van der Waals surface area contributed by atoms with Crippen molar-refractivity contribution in [3.05, 3.63) is 29.8 Å². The average molecular weight is 568 g/mol. The Morgan fingerprint density at radius 1 is 0.875 bits per heavy atom. The summed E-state index contributed by atoms with van der Waals surface area (Å²) >= 11 is 0. The Labute approximate surface area is 172 Å². The van der Waals surface area contributed by atoms with Crippen LogP contribution in [0.3, 0.4) is 0 Å². The van der Waals surface area contributed by atoms with Crippen LogP contribution in [-0.2, 0) is 26.3 Å². The average Bonchev–Trinajstić information content (AvgIpc) is 2.41. The fourth-order valence-electron chi connectivity index (χ4n) is 2.72. The first-order chi connectivity index (χ1) is 10.2. The third-order valence-electron chi connectivity index (χ3n) is 3.73. The van der Waals surface area contributed by atoms with Crippen LogP contribution >= 0.6 is 16.1 Å². The summed E-state index contributed by atoms with van der Waals surface area (Å²) in [4.78, 5) is 0. The van der Waals surface area contributed by atoms with E-state index in [1.165, 1.54) is 5.56 Å². The van der Waals surface area contributed by atoms with Crippen molar-refractivity contribution >= 4 is 16.1 Å². The van der Waals surface area contributed by atoms with Gasteiger partial charge in [-0.15, -0.1) is 12.1 Å². The summed E-state index contributed by atoms with van der Waals surface area (Å²) in [6, 6.07) is 9.94. The van der Waals surface area contributed by atoms with Gasteiger partial charge in [0.25, 0.3) is 0 Å². The first-order valence-corrected chi connectivity index (χ1v) is 11.5. The summed E-state index contributed by atoms with van der Waals surface area (Å²) in [6.07, 6.45) is 1.16. The first-order valence-electron chi connectivity index (χ1n) is 8.45. The maximum atomic E-state index is 6.30. The molecule has 24 heavy (non-hydrogen) atoms. The molecule has 142 valence electrons. The van der Waals surface area contributed by atoms with E-state index < -0.39 is 8.15 Å². The van der Waals surface area contributed by atoms with E-state index in [-0.39, 0.29) is 40.4 Å². The van der Waals surface area contributed by atoms with Gasteiger partial charge in [-0.2, -0.15) is 17.7 Å². The van der Waals surface area contributed by atoms with E-state index in [0.29, 0.717) is 11.3 Å². The molecule has 1 aromatic carbocycles. The topological polar surface area (TPSA) is 9.23 Å². The predicted molar refractivity (Wildman–Crippen MR) is 105 cm³/mol. The molecule has 0 spiro atoms. The van der Waals surface area contributed by atoms with E-state index in [1.54, 1.807) is 0 Å². The molecule has 1 nitrogen and oxygen atoms in total. The van der Waals surface area contributed by atoms with Gasteiger partial charge in [-0.1, -0.05) is 63.3 Å². The van der Waals surface area contributed by atoms with Gasteiger partial charge in [-0.3, -0.25) is 0 Å². The van der Waals surface area contributed by atoms with Crippen LogP contribution < -0.4 is 16.9 Å². The molecule has 0 heterocycles. The molecule has 5 heteroatoms. The molecule has 0 unspecified atom stereocenters. The molecule has 0 N–H and O–H groups in total. The second kappa shape index (κ2) is 13.1. The number of hydrogen-bond acceptors (Lipinski definition) is 1. The molecule has 0 aliphatic carbocycles. The van der Waals surface area contributed by atoms with Crippen LogP contribution in [0, 0.1) is 6.07 Å². The quantitative estimate of drug-likeness (QED) is 0.345. The van der Waals surface area contributed by atoms with Crippen molar-refractivity contribution in [3.63, 3.8) is 0 Å². The molecule has 0 fully saturated rings. The molecule has 0 saturated carbocycles. The Bertz CT molecular complexity index is 399. The van der Waals surface area contributed by atoms with Gasteiger partial charge in [-0.25, -0.2) is 0 Å². The molecule has 0 aromatic heterocycles. The molecule has 1 aromatic rings. The fourth-order valence-corrected chi connectivity index (χ4v) is 7.17. The van der Waals surface area contributed by atoms with Crippen molar-refractivity contribution in [3.8, 4) is 5.75 Å². The van der Waals surface area contributed by atoms with Crippen LogP contribution in [0.1, 0.15) is 61.0 Å². The summed E-state index contributed by atoms with van der Waals surface area (Å²) in [7, 11) is -0.433.